The normalized spacial score (nSPS) is 11.2. The predicted octanol–water partition coefficient (Wildman–Crippen LogP) is 3.01. The lowest BCUT2D eigenvalue weighted by Crippen LogP contribution is -2.13. The molecular weight excluding hydrogens is 343 g/mol. The Bertz CT molecular complexity index is 1120. The van der Waals surface area contributed by atoms with E-state index in [2.05, 4.69) is 25.6 Å². The van der Waals surface area contributed by atoms with Crippen LogP contribution >= 0.6 is 11.3 Å². The molecule has 1 aromatic carbocycles. The number of anilines is 2. The number of thiazole rings is 1. The molecule has 9 heteroatoms. The Labute approximate surface area is 145 Å². The van der Waals surface area contributed by atoms with E-state index in [9.17, 15) is 9.18 Å². The predicted molar refractivity (Wildman–Crippen MR) is 95.6 cm³/mol. The summed E-state index contributed by atoms with van der Waals surface area (Å²) in [5.74, 6) is -0.489. The first-order valence-electron chi connectivity index (χ1n) is 7.43. The van der Waals surface area contributed by atoms with E-state index in [1.807, 2.05) is 11.6 Å². The van der Waals surface area contributed by atoms with Crippen LogP contribution in [-0.4, -0.2) is 32.5 Å². The number of carbonyl (C=O) groups is 1. The molecule has 7 nitrogen and oxygen atoms in total. The molecule has 2 N–H and O–H groups in total. The van der Waals surface area contributed by atoms with Crippen LogP contribution in [0.15, 0.2) is 30.6 Å². The van der Waals surface area contributed by atoms with Crippen molar-refractivity contribution in [3.8, 4) is 0 Å². The van der Waals surface area contributed by atoms with E-state index in [4.69, 9.17) is 0 Å². The monoisotopic (exact) mass is 356 g/mol. The standard InChI is InChI=1S/C16H13FN6OS/c1-18-13-10-12(23(2)7-19-10)11-15(21-13)25-16(20-11)22-14(24)8-5-3-4-6-9(8)17/h3-7H,1-2H3,(H,18,21)(H,20,22,24). The molecule has 3 heterocycles. The molecule has 0 radical (unpaired) electrons. The zero-order chi connectivity index (χ0) is 17.6. The van der Waals surface area contributed by atoms with E-state index < -0.39 is 11.7 Å². The van der Waals surface area contributed by atoms with Crippen LogP contribution in [0.25, 0.3) is 21.4 Å². The molecule has 1 amide bonds. The van der Waals surface area contributed by atoms with Gasteiger partial charge in [0.05, 0.1) is 11.9 Å². The summed E-state index contributed by atoms with van der Waals surface area (Å²) in [6.07, 6.45) is 1.68. The van der Waals surface area contributed by atoms with Crippen molar-refractivity contribution in [2.75, 3.05) is 17.7 Å². The van der Waals surface area contributed by atoms with Crippen LogP contribution in [0.4, 0.5) is 15.3 Å². The molecule has 0 bridgehead atoms. The van der Waals surface area contributed by atoms with Crippen LogP contribution in [0.2, 0.25) is 0 Å². The van der Waals surface area contributed by atoms with Gasteiger partial charge in [0, 0.05) is 14.1 Å². The van der Waals surface area contributed by atoms with Gasteiger partial charge in [0.25, 0.3) is 5.91 Å². The Balaban J connectivity index is 1.79. The van der Waals surface area contributed by atoms with E-state index in [0.29, 0.717) is 26.8 Å². The van der Waals surface area contributed by atoms with Gasteiger partial charge in [-0.1, -0.05) is 23.5 Å². The number of aromatic nitrogens is 4. The zero-order valence-electron chi connectivity index (χ0n) is 13.4. The summed E-state index contributed by atoms with van der Waals surface area (Å²) in [4.78, 5) is 26.2. The fourth-order valence-electron chi connectivity index (χ4n) is 2.62. The second-order valence-corrected chi connectivity index (χ2v) is 6.35. The number of nitrogens with zero attached hydrogens (tertiary/aromatic N) is 4. The SMILES string of the molecule is CNc1nc2sc(NC(=O)c3ccccc3F)nc2c2c1ncn2C. The number of hydrogen-bond donors (Lipinski definition) is 2. The average molecular weight is 356 g/mol. The van der Waals surface area contributed by atoms with Crippen molar-refractivity contribution in [3.05, 3.63) is 42.0 Å². The Kier molecular flexibility index (Phi) is 3.57. The highest BCUT2D eigenvalue weighted by Gasteiger charge is 2.18. The number of fused-ring (bicyclic) bond motifs is 3. The first-order valence-corrected chi connectivity index (χ1v) is 8.25. The minimum absolute atomic E-state index is 0.0312. The molecule has 0 unspecified atom stereocenters. The van der Waals surface area contributed by atoms with Crippen molar-refractivity contribution < 1.29 is 9.18 Å². The quantitative estimate of drug-likeness (QED) is 0.589. The Morgan fingerprint density at radius 1 is 1.24 bits per heavy atom. The van der Waals surface area contributed by atoms with Gasteiger partial charge in [-0.05, 0) is 12.1 Å². The van der Waals surface area contributed by atoms with Crippen LogP contribution in [0.1, 0.15) is 10.4 Å². The number of rotatable bonds is 3. The first kappa shape index (κ1) is 15.5. The number of pyridine rings is 1. The van der Waals surface area contributed by atoms with E-state index in [-0.39, 0.29) is 5.56 Å². The van der Waals surface area contributed by atoms with Crippen LogP contribution in [0.5, 0.6) is 0 Å². The first-order chi connectivity index (χ1) is 12.1. The second kappa shape index (κ2) is 5.78. The molecule has 0 aliphatic heterocycles. The topological polar surface area (TPSA) is 84.7 Å². The number of halogens is 1. The Morgan fingerprint density at radius 2 is 2.04 bits per heavy atom. The molecule has 4 rings (SSSR count). The summed E-state index contributed by atoms with van der Waals surface area (Å²) in [7, 11) is 3.63. The molecule has 0 saturated heterocycles. The largest absolute Gasteiger partial charge is 0.371 e. The summed E-state index contributed by atoms with van der Waals surface area (Å²) in [6, 6.07) is 5.81. The van der Waals surface area contributed by atoms with Gasteiger partial charge in [-0.3, -0.25) is 10.1 Å². The molecule has 0 saturated carbocycles. The van der Waals surface area contributed by atoms with E-state index in [1.165, 1.54) is 29.5 Å². The van der Waals surface area contributed by atoms with Gasteiger partial charge in [0.15, 0.2) is 10.9 Å². The summed E-state index contributed by atoms with van der Waals surface area (Å²) >= 11 is 1.22. The van der Waals surface area contributed by atoms with Gasteiger partial charge in [-0.15, -0.1) is 0 Å². The van der Waals surface area contributed by atoms with Crippen molar-refractivity contribution in [2.45, 2.75) is 0 Å². The number of imidazole rings is 1. The summed E-state index contributed by atoms with van der Waals surface area (Å²) in [5.41, 5.74) is 2.13. The zero-order valence-corrected chi connectivity index (χ0v) is 14.2. The van der Waals surface area contributed by atoms with Crippen molar-refractivity contribution in [1.82, 2.24) is 19.5 Å². The minimum Gasteiger partial charge on any atom is -0.371 e. The fraction of sp³-hybridized carbons (Fsp3) is 0.125. The van der Waals surface area contributed by atoms with Crippen LogP contribution in [0.3, 0.4) is 0 Å². The third kappa shape index (κ3) is 2.49. The van der Waals surface area contributed by atoms with Gasteiger partial charge < -0.3 is 9.88 Å². The minimum atomic E-state index is -0.578. The van der Waals surface area contributed by atoms with Gasteiger partial charge in [0.2, 0.25) is 0 Å². The number of hydrogen-bond acceptors (Lipinski definition) is 6. The van der Waals surface area contributed by atoms with E-state index in [0.717, 1.165) is 5.52 Å². The summed E-state index contributed by atoms with van der Waals surface area (Å²) in [6.45, 7) is 0. The lowest BCUT2D eigenvalue weighted by Gasteiger charge is -2.02. The Morgan fingerprint density at radius 3 is 2.80 bits per heavy atom. The molecule has 0 aliphatic rings. The van der Waals surface area contributed by atoms with Crippen LogP contribution in [-0.2, 0) is 7.05 Å². The van der Waals surface area contributed by atoms with Crippen LogP contribution < -0.4 is 10.6 Å². The second-order valence-electron chi connectivity index (χ2n) is 5.37. The molecular formula is C16H13FN6OS. The van der Waals surface area contributed by atoms with Gasteiger partial charge >= 0.3 is 0 Å². The Hall–Kier alpha value is -3.07. The van der Waals surface area contributed by atoms with Gasteiger partial charge in [-0.2, -0.15) is 0 Å². The number of nitrogens with one attached hydrogen (secondary N) is 2. The molecule has 25 heavy (non-hydrogen) atoms. The number of amides is 1. The molecule has 0 fully saturated rings. The number of carbonyl (C=O) groups excluding carboxylic acids is 1. The average Bonchev–Trinajstić information content (AvgIpc) is 3.17. The maximum Gasteiger partial charge on any atom is 0.260 e. The smallest absolute Gasteiger partial charge is 0.260 e. The van der Waals surface area contributed by atoms with E-state index in [1.54, 1.807) is 19.4 Å². The molecule has 0 spiro atoms. The third-order valence-corrected chi connectivity index (χ3v) is 4.65. The number of benzene rings is 1. The lowest BCUT2D eigenvalue weighted by atomic mass is 10.2. The molecule has 4 aromatic rings. The fourth-order valence-corrected chi connectivity index (χ4v) is 3.46. The maximum atomic E-state index is 13.8. The highest BCUT2D eigenvalue weighted by molar-refractivity contribution is 7.22. The molecule has 0 aliphatic carbocycles. The summed E-state index contributed by atoms with van der Waals surface area (Å²) < 4.78 is 15.6. The van der Waals surface area contributed by atoms with E-state index >= 15 is 0 Å². The van der Waals surface area contributed by atoms with Crippen molar-refractivity contribution in [2.24, 2.45) is 7.05 Å². The lowest BCUT2D eigenvalue weighted by molar-refractivity contribution is 0.102. The molecule has 3 aromatic heterocycles. The van der Waals surface area contributed by atoms with Gasteiger partial charge in [0.1, 0.15) is 27.2 Å². The number of aryl methyl sites for hydroxylation is 1. The molecule has 126 valence electrons. The summed E-state index contributed by atoms with van der Waals surface area (Å²) in [5, 5.41) is 6.01. The van der Waals surface area contributed by atoms with Crippen molar-refractivity contribution in [3.63, 3.8) is 0 Å². The van der Waals surface area contributed by atoms with Crippen molar-refractivity contribution >= 4 is 49.6 Å². The van der Waals surface area contributed by atoms with Crippen LogP contribution in [0, 0.1) is 5.82 Å². The maximum absolute atomic E-state index is 13.8. The molecule has 0 atom stereocenters. The van der Waals surface area contributed by atoms with Gasteiger partial charge in [-0.25, -0.2) is 19.3 Å². The third-order valence-electron chi connectivity index (χ3n) is 3.78. The van der Waals surface area contributed by atoms with Crippen molar-refractivity contribution in [1.29, 1.82) is 0 Å². The highest BCUT2D eigenvalue weighted by atomic mass is 32.1. The highest BCUT2D eigenvalue weighted by Crippen LogP contribution is 2.33.